The van der Waals surface area contributed by atoms with Crippen molar-refractivity contribution in [2.24, 2.45) is 17.3 Å². The van der Waals surface area contributed by atoms with Gasteiger partial charge in [0.2, 0.25) is 0 Å². The van der Waals surface area contributed by atoms with Crippen LogP contribution in [0.1, 0.15) is 73.1 Å². The van der Waals surface area contributed by atoms with Crippen LogP contribution in [0.2, 0.25) is 0 Å². The second-order valence-corrected chi connectivity index (χ2v) is 13.0. The van der Waals surface area contributed by atoms with Crippen LogP contribution in [-0.2, 0) is 19.0 Å². The number of allylic oxidation sites excluding steroid dienone is 2. The van der Waals surface area contributed by atoms with Gasteiger partial charge in [-0.2, -0.15) is 0 Å². The predicted molar refractivity (Wildman–Crippen MR) is 164 cm³/mol. The molecule has 9 nitrogen and oxygen atoms in total. The number of carbonyl (C=O) groups excluding carboxylic acids is 3. The molecule has 3 heterocycles. The number of likely N-dealkylation sites (N-methyl/N-ethyl adjacent to an activating group) is 1. The molecule has 0 saturated carbocycles. The number of nitrogens with zero attached hydrogens (tertiary/aromatic N) is 3. The molecule has 0 spiro atoms. The lowest BCUT2D eigenvalue weighted by Crippen LogP contribution is -2.48. The molecule has 3 aliphatic heterocycles. The van der Waals surface area contributed by atoms with Gasteiger partial charge in [0.15, 0.2) is 0 Å². The molecule has 0 bridgehead atoms. The van der Waals surface area contributed by atoms with E-state index in [1.807, 2.05) is 51.2 Å². The largest absolute Gasteiger partial charge is 0.457 e. The van der Waals surface area contributed by atoms with Gasteiger partial charge in [0.25, 0.3) is 0 Å². The minimum atomic E-state index is -0.446. The summed E-state index contributed by atoms with van der Waals surface area (Å²) < 4.78 is 17.6. The Kier molecular flexibility index (Phi) is 13.0. The van der Waals surface area contributed by atoms with E-state index in [-0.39, 0.29) is 35.4 Å². The highest BCUT2D eigenvalue weighted by Gasteiger charge is 2.34. The fourth-order valence-corrected chi connectivity index (χ4v) is 5.56. The number of amides is 2. The van der Waals surface area contributed by atoms with E-state index in [0.29, 0.717) is 26.1 Å². The topological polar surface area (TPSA) is 88.6 Å². The van der Waals surface area contributed by atoms with Gasteiger partial charge in [-0.25, -0.2) is 9.59 Å². The number of likely N-dealkylation sites (tertiary alicyclic amines) is 1. The van der Waals surface area contributed by atoms with Crippen LogP contribution in [0.15, 0.2) is 36.0 Å². The zero-order chi connectivity index (χ0) is 30.7. The number of piperazine rings is 1. The Morgan fingerprint density at radius 3 is 2.38 bits per heavy atom. The molecule has 2 fully saturated rings. The lowest BCUT2D eigenvalue weighted by molar-refractivity contribution is -0.149. The van der Waals surface area contributed by atoms with E-state index in [4.69, 9.17) is 14.2 Å². The minimum absolute atomic E-state index is 0.0507. The summed E-state index contributed by atoms with van der Waals surface area (Å²) >= 11 is 0. The van der Waals surface area contributed by atoms with E-state index in [0.717, 1.165) is 63.9 Å². The van der Waals surface area contributed by atoms with Crippen LogP contribution in [-0.4, -0.2) is 98.0 Å². The summed E-state index contributed by atoms with van der Waals surface area (Å²) in [6.07, 6.45) is 13.4. The SMILES string of the molecule is C/C(=C\C=C\[C@@H](C)COC(=O)N1CCCC1)[C@H]1OC(=O)CCCCC(C)(C)[C@@H](OC(=O)N2CCN(C)CC2)/C=C/[C@@H]1C. The van der Waals surface area contributed by atoms with E-state index >= 15 is 0 Å². The number of carbonyl (C=O) groups is 3. The Bertz CT molecular complexity index is 992. The smallest absolute Gasteiger partial charge is 0.410 e. The highest BCUT2D eigenvalue weighted by molar-refractivity contribution is 5.70. The summed E-state index contributed by atoms with van der Waals surface area (Å²) in [5, 5.41) is 0. The molecule has 0 aromatic heterocycles. The molecule has 0 N–H and O–H groups in total. The average molecular weight is 588 g/mol. The highest BCUT2D eigenvalue weighted by atomic mass is 16.6. The highest BCUT2D eigenvalue weighted by Crippen LogP contribution is 2.33. The molecule has 0 unspecified atom stereocenters. The van der Waals surface area contributed by atoms with E-state index in [9.17, 15) is 14.4 Å². The lowest BCUT2D eigenvalue weighted by Gasteiger charge is -2.36. The number of hydrogen-bond donors (Lipinski definition) is 0. The Labute approximate surface area is 252 Å². The summed E-state index contributed by atoms with van der Waals surface area (Å²) in [5.41, 5.74) is 0.638. The van der Waals surface area contributed by atoms with Crippen molar-refractivity contribution < 1.29 is 28.6 Å². The third-order valence-corrected chi connectivity index (χ3v) is 8.62. The van der Waals surface area contributed by atoms with Gasteiger partial charge in [0, 0.05) is 62.9 Å². The maximum absolute atomic E-state index is 13.1. The van der Waals surface area contributed by atoms with Crippen molar-refractivity contribution >= 4 is 18.2 Å². The number of hydrogen-bond acceptors (Lipinski definition) is 7. The summed E-state index contributed by atoms with van der Waals surface area (Å²) in [6, 6.07) is 0. The molecule has 236 valence electrons. The first-order valence-corrected chi connectivity index (χ1v) is 15.7. The molecular formula is C33H53N3O6. The maximum atomic E-state index is 13.1. The normalized spacial score (nSPS) is 28.0. The van der Waals surface area contributed by atoms with Gasteiger partial charge in [0.1, 0.15) is 12.2 Å². The quantitative estimate of drug-likeness (QED) is 0.168. The van der Waals surface area contributed by atoms with Gasteiger partial charge in [-0.1, -0.05) is 58.4 Å². The van der Waals surface area contributed by atoms with E-state index in [2.05, 4.69) is 25.8 Å². The fraction of sp³-hybridized carbons (Fsp3) is 0.727. The zero-order valence-corrected chi connectivity index (χ0v) is 26.7. The van der Waals surface area contributed by atoms with Gasteiger partial charge in [-0.05, 0) is 51.3 Å². The van der Waals surface area contributed by atoms with Gasteiger partial charge >= 0.3 is 18.2 Å². The summed E-state index contributed by atoms with van der Waals surface area (Å²) in [7, 11) is 2.06. The van der Waals surface area contributed by atoms with Crippen molar-refractivity contribution in [2.75, 3.05) is 52.9 Å². The predicted octanol–water partition coefficient (Wildman–Crippen LogP) is 5.81. The summed E-state index contributed by atoms with van der Waals surface area (Å²) in [4.78, 5) is 43.8. The molecule has 3 rings (SSSR count). The Hall–Kier alpha value is -2.81. The number of ether oxygens (including phenoxy) is 3. The van der Waals surface area contributed by atoms with Gasteiger partial charge in [-0.3, -0.25) is 4.79 Å². The van der Waals surface area contributed by atoms with Crippen LogP contribution in [0.5, 0.6) is 0 Å². The van der Waals surface area contributed by atoms with E-state index in [1.54, 1.807) is 9.80 Å². The van der Waals surface area contributed by atoms with Crippen LogP contribution in [0.25, 0.3) is 0 Å². The van der Waals surface area contributed by atoms with E-state index < -0.39 is 12.2 Å². The molecule has 2 saturated heterocycles. The molecule has 3 aliphatic rings. The molecule has 42 heavy (non-hydrogen) atoms. The van der Waals surface area contributed by atoms with Crippen molar-refractivity contribution in [1.29, 1.82) is 0 Å². The van der Waals surface area contributed by atoms with Crippen molar-refractivity contribution in [2.45, 2.75) is 85.4 Å². The molecule has 9 heteroatoms. The average Bonchev–Trinajstić information content (AvgIpc) is 3.50. The van der Waals surface area contributed by atoms with Crippen molar-refractivity contribution in [3.05, 3.63) is 36.0 Å². The van der Waals surface area contributed by atoms with Crippen LogP contribution in [0.3, 0.4) is 0 Å². The Balaban J connectivity index is 1.67. The molecular weight excluding hydrogens is 534 g/mol. The summed E-state index contributed by atoms with van der Waals surface area (Å²) in [5.74, 6) is -0.275. The second-order valence-electron chi connectivity index (χ2n) is 13.0. The van der Waals surface area contributed by atoms with Crippen molar-refractivity contribution in [3.63, 3.8) is 0 Å². The Morgan fingerprint density at radius 1 is 1.02 bits per heavy atom. The van der Waals surface area contributed by atoms with Crippen LogP contribution in [0, 0.1) is 17.3 Å². The molecule has 4 atom stereocenters. The van der Waals surface area contributed by atoms with Crippen LogP contribution in [0.4, 0.5) is 9.59 Å². The van der Waals surface area contributed by atoms with Crippen LogP contribution < -0.4 is 0 Å². The maximum Gasteiger partial charge on any atom is 0.410 e. The van der Waals surface area contributed by atoms with E-state index in [1.165, 1.54) is 0 Å². The summed E-state index contributed by atoms with van der Waals surface area (Å²) in [6.45, 7) is 15.1. The van der Waals surface area contributed by atoms with Crippen LogP contribution >= 0.6 is 0 Å². The fourth-order valence-electron chi connectivity index (χ4n) is 5.56. The molecule has 0 aliphatic carbocycles. The first-order chi connectivity index (χ1) is 20.0. The molecule has 2 amide bonds. The first-order valence-electron chi connectivity index (χ1n) is 15.7. The lowest BCUT2D eigenvalue weighted by atomic mass is 9.80. The molecule has 0 radical (unpaired) electrons. The Morgan fingerprint density at radius 2 is 1.69 bits per heavy atom. The van der Waals surface area contributed by atoms with Crippen molar-refractivity contribution in [3.8, 4) is 0 Å². The number of esters is 1. The number of cyclic esters (lactones) is 1. The van der Waals surface area contributed by atoms with Gasteiger partial charge in [-0.15, -0.1) is 0 Å². The zero-order valence-electron chi connectivity index (χ0n) is 26.7. The first kappa shape index (κ1) is 33.7. The number of rotatable bonds is 6. The third kappa shape index (κ3) is 10.5. The minimum Gasteiger partial charge on any atom is -0.457 e. The molecule has 0 aromatic carbocycles. The van der Waals surface area contributed by atoms with Gasteiger partial charge in [0.05, 0.1) is 6.61 Å². The van der Waals surface area contributed by atoms with Gasteiger partial charge < -0.3 is 28.9 Å². The monoisotopic (exact) mass is 587 g/mol. The second kappa shape index (κ2) is 16.1. The molecule has 0 aromatic rings. The van der Waals surface area contributed by atoms with Crippen molar-refractivity contribution in [1.82, 2.24) is 14.7 Å². The third-order valence-electron chi connectivity index (χ3n) is 8.62. The standard InChI is InChI=1S/C33H53N3O6/c1-25(24-40-31(38)35-18-9-10-19-35)12-11-13-26(2)30-27(3)15-16-28(33(4,5)17-8-7-14-29(37)42-30)41-32(39)36-22-20-34(6)21-23-36/h11-13,15-16,25,27-28,30H,7-10,14,17-24H2,1-6H3/b12-11+,16-15+,26-13+/t25-,27+,28+,30-/m1/s1.